The van der Waals surface area contributed by atoms with Gasteiger partial charge in [0.1, 0.15) is 11.9 Å². The molecule has 6 heteroatoms. The van der Waals surface area contributed by atoms with E-state index in [1.54, 1.807) is 23.9 Å². The SMILES string of the molecule is CC(C)CC1CC(C(=O)NCCSCc2ccccc2F)NN1. The second-order valence-corrected chi connectivity index (χ2v) is 7.44. The molecule has 23 heavy (non-hydrogen) atoms. The van der Waals surface area contributed by atoms with E-state index in [1.165, 1.54) is 6.07 Å². The Morgan fingerprint density at radius 2 is 2.17 bits per heavy atom. The molecule has 1 amide bonds. The van der Waals surface area contributed by atoms with Gasteiger partial charge in [-0.15, -0.1) is 0 Å². The lowest BCUT2D eigenvalue weighted by atomic mass is 10.00. The molecule has 0 radical (unpaired) electrons. The fraction of sp³-hybridized carbons (Fsp3) is 0.588. The Morgan fingerprint density at radius 3 is 2.91 bits per heavy atom. The van der Waals surface area contributed by atoms with Gasteiger partial charge in [-0.2, -0.15) is 11.8 Å². The van der Waals surface area contributed by atoms with Crippen molar-refractivity contribution >= 4 is 17.7 Å². The van der Waals surface area contributed by atoms with E-state index in [9.17, 15) is 9.18 Å². The first-order chi connectivity index (χ1) is 11.1. The molecule has 1 heterocycles. The maximum atomic E-state index is 13.5. The minimum atomic E-state index is -0.165. The van der Waals surface area contributed by atoms with Crippen LogP contribution in [0.15, 0.2) is 24.3 Å². The second-order valence-electron chi connectivity index (χ2n) is 6.34. The molecule has 4 nitrogen and oxygen atoms in total. The van der Waals surface area contributed by atoms with Crippen LogP contribution in [0.3, 0.4) is 0 Å². The van der Waals surface area contributed by atoms with Crippen LogP contribution in [-0.4, -0.2) is 30.3 Å². The van der Waals surface area contributed by atoms with Crippen LogP contribution >= 0.6 is 11.8 Å². The Bertz CT molecular complexity index is 512. The molecule has 2 unspecified atom stereocenters. The van der Waals surface area contributed by atoms with E-state index in [4.69, 9.17) is 0 Å². The normalized spacial score (nSPS) is 20.9. The fourth-order valence-electron chi connectivity index (χ4n) is 2.68. The van der Waals surface area contributed by atoms with Crippen LogP contribution in [0.2, 0.25) is 0 Å². The Morgan fingerprint density at radius 1 is 1.39 bits per heavy atom. The quantitative estimate of drug-likeness (QED) is 0.637. The predicted octanol–water partition coefficient (Wildman–Crippen LogP) is 2.46. The lowest BCUT2D eigenvalue weighted by Crippen LogP contribution is -2.44. The lowest BCUT2D eigenvalue weighted by Gasteiger charge is -2.11. The molecule has 1 aromatic rings. The van der Waals surface area contributed by atoms with Crippen molar-refractivity contribution < 1.29 is 9.18 Å². The Hall–Kier alpha value is -1.11. The smallest absolute Gasteiger partial charge is 0.238 e. The number of carbonyl (C=O) groups is 1. The van der Waals surface area contributed by atoms with Crippen LogP contribution in [0, 0.1) is 11.7 Å². The van der Waals surface area contributed by atoms with Crippen molar-refractivity contribution in [2.75, 3.05) is 12.3 Å². The number of carbonyl (C=O) groups excluding carboxylic acids is 1. The van der Waals surface area contributed by atoms with Gasteiger partial charge in [-0.05, 0) is 30.4 Å². The molecule has 3 N–H and O–H groups in total. The third-order valence-electron chi connectivity index (χ3n) is 3.82. The van der Waals surface area contributed by atoms with Crippen LogP contribution in [0.25, 0.3) is 0 Å². The molecule has 0 bridgehead atoms. The van der Waals surface area contributed by atoms with Crippen molar-refractivity contribution in [1.82, 2.24) is 16.2 Å². The molecule has 1 aliphatic heterocycles. The zero-order valence-corrected chi connectivity index (χ0v) is 14.6. The average molecular weight is 339 g/mol. The van der Waals surface area contributed by atoms with Gasteiger partial charge in [-0.25, -0.2) is 9.82 Å². The number of thioether (sulfide) groups is 1. The fourth-order valence-corrected chi connectivity index (χ4v) is 3.53. The highest BCUT2D eigenvalue weighted by molar-refractivity contribution is 7.98. The predicted molar refractivity (Wildman–Crippen MR) is 93.5 cm³/mol. The van der Waals surface area contributed by atoms with Crippen LogP contribution < -0.4 is 16.2 Å². The largest absolute Gasteiger partial charge is 0.354 e. The zero-order chi connectivity index (χ0) is 16.7. The third-order valence-corrected chi connectivity index (χ3v) is 4.82. The number of nitrogens with one attached hydrogen (secondary N) is 3. The maximum Gasteiger partial charge on any atom is 0.238 e. The summed E-state index contributed by atoms with van der Waals surface area (Å²) in [5, 5.41) is 2.94. The third kappa shape index (κ3) is 6.12. The van der Waals surface area contributed by atoms with E-state index < -0.39 is 0 Å². The summed E-state index contributed by atoms with van der Waals surface area (Å²) in [6.45, 7) is 4.97. The highest BCUT2D eigenvalue weighted by Crippen LogP contribution is 2.15. The van der Waals surface area contributed by atoms with Crippen molar-refractivity contribution in [1.29, 1.82) is 0 Å². The average Bonchev–Trinajstić information content (AvgIpc) is 2.96. The molecular weight excluding hydrogens is 313 g/mol. The van der Waals surface area contributed by atoms with Crippen LogP contribution in [0.5, 0.6) is 0 Å². The summed E-state index contributed by atoms with van der Waals surface area (Å²) >= 11 is 1.62. The van der Waals surface area contributed by atoms with Gasteiger partial charge in [0.05, 0.1) is 0 Å². The van der Waals surface area contributed by atoms with Crippen molar-refractivity contribution in [3.05, 3.63) is 35.6 Å². The van der Waals surface area contributed by atoms with Gasteiger partial charge in [0.15, 0.2) is 0 Å². The molecule has 1 saturated heterocycles. The van der Waals surface area contributed by atoms with E-state index in [-0.39, 0.29) is 17.8 Å². The number of hydrogen-bond donors (Lipinski definition) is 3. The summed E-state index contributed by atoms with van der Waals surface area (Å²) in [5.41, 5.74) is 6.97. The van der Waals surface area contributed by atoms with E-state index in [0.717, 1.165) is 18.6 Å². The first-order valence-corrected chi connectivity index (χ1v) is 9.31. The van der Waals surface area contributed by atoms with E-state index in [0.29, 0.717) is 29.8 Å². The van der Waals surface area contributed by atoms with Gasteiger partial charge >= 0.3 is 0 Å². The highest BCUT2D eigenvalue weighted by Gasteiger charge is 2.29. The number of amides is 1. The van der Waals surface area contributed by atoms with Crippen molar-refractivity contribution in [2.45, 2.75) is 44.5 Å². The maximum absolute atomic E-state index is 13.5. The van der Waals surface area contributed by atoms with Crippen LogP contribution in [0.4, 0.5) is 4.39 Å². The zero-order valence-electron chi connectivity index (χ0n) is 13.8. The van der Waals surface area contributed by atoms with Gasteiger partial charge in [-0.3, -0.25) is 10.2 Å². The molecule has 1 fully saturated rings. The topological polar surface area (TPSA) is 53.2 Å². The molecule has 0 spiro atoms. The van der Waals surface area contributed by atoms with Gasteiger partial charge < -0.3 is 5.32 Å². The lowest BCUT2D eigenvalue weighted by molar-refractivity contribution is -0.122. The number of benzene rings is 1. The molecule has 0 aliphatic carbocycles. The summed E-state index contributed by atoms with van der Waals surface area (Å²) in [5.74, 6) is 1.89. The molecule has 128 valence electrons. The Kier molecular flexibility index (Phi) is 7.33. The first kappa shape index (κ1) is 18.2. The monoisotopic (exact) mass is 339 g/mol. The number of rotatable bonds is 8. The number of halogens is 1. The minimum absolute atomic E-state index is 0.0373. The van der Waals surface area contributed by atoms with Crippen molar-refractivity contribution in [2.24, 2.45) is 5.92 Å². The van der Waals surface area contributed by atoms with Gasteiger partial charge in [0, 0.05) is 24.1 Å². The Labute approximate surface area is 142 Å². The molecule has 0 saturated carbocycles. The molecule has 1 aliphatic rings. The van der Waals surface area contributed by atoms with Gasteiger partial charge in [0.2, 0.25) is 5.91 Å². The summed E-state index contributed by atoms with van der Waals surface area (Å²) in [4.78, 5) is 12.1. The number of hydrogen-bond acceptors (Lipinski definition) is 4. The molecule has 2 atom stereocenters. The molecule has 1 aromatic carbocycles. The van der Waals surface area contributed by atoms with Crippen molar-refractivity contribution in [3.8, 4) is 0 Å². The van der Waals surface area contributed by atoms with Gasteiger partial charge in [-0.1, -0.05) is 32.0 Å². The van der Waals surface area contributed by atoms with Crippen LogP contribution in [0.1, 0.15) is 32.3 Å². The van der Waals surface area contributed by atoms with E-state index in [1.807, 2.05) is 6.07 Å². The Balaban J connectivity index is 1.59. The summed E-state index contributed by atoms with van der Waals surface area (Å²) < 4.78 is 13.5. The summed E-state index contributed by atoms with van der Waals surface area (Å²) in [7, 11) is 0. The molecule has 2 rings (SSSR count). The van der Waals surface area contributed by atoms with Gasteiger partial charge in [0.25, 0.3) is 0 Å². The minimum Gasteiger partial charge on any atom is -0.354 e. The molecule has 0 aromatic heterocycles. The highest BCUT2D eigenvalue weighted by atomic mass is 32.2. The standard InChI is InChI=1S/C17H26FN3OS/c1-12(2)9-14-10-16(21-20-14)17(22)19-7-8-23-11-13-5-3-4-6-15(13)18/h3-6,12,14,16,20-21H,7-11H2,1-2H3,(H,19,22). The number of hydrazine groups is 1. The second kappa shape index (κ2) is 9.25. The van der Waals surface area contributed by atoms with Crippen molar-refractivity contribution in [3.63, 3.8) is 0 Å². The summed E-state index contributed by atoms with van der Waals surface area (Å²) in [6, 6.07) is 7.01. The summed E-state index contributed by atoms with van der Waals surface area (Å²) in [6.07, 6.45) is 1.89. The van der Waals surface area contributed by atoms with Crippen LogP contribution in [-0.2, 0) is 10.5 Å². The molecular formula is C17H26FN3OS. The first-order valence-electron chi connectivity index (χ1n) is 8.16. The van der Waals surface area contributed by atoms with E-state index >= 15 is 0 Å². The van der Waals surface area contributed by atoms with E-state index in [2.05, 4.69) is 30.0 Å².